The van der Waals surface area contributed by atoms with Gasteiger partial charge in [-0.3, -0.25) is 0 Å². The van der Waals surface area contributed by atoms with E-state index in [0.29, 0.717) is 50.3 Å². The zero-order valence-corrected chi connectivity index (χ0v) is 27.4. The number of aliphatic hydroxyl groups is 1. The Labute approximate surface area is 297 Å². The van der Waals surface area contributed by atoms with Crippen molar-refractivity contribution in [1.29, 1.82) is 0 Å². The number of aromatic hydroxyl groups is 8. The first-order valence-corrected chi connectivity index (χ1v) is 16.6. The van der Waals surface area contributed by atoms with E-state index in [-0.39, 0.29) is 46.0 Å². The van der Waals surface area contributed by atoms with Crippen LogP contribution in [0.3, 0.4) is 0 Å². The maximum Gasteiger partial charge on any atom is 0.135 e. The van der Waals surface area contributed by atoms with E-state index in [0.717, 1.165) is 0 Å². The summed E-state index contributed by atoms with van der Waals surface area (Å²) in [6, 6.07) is 29.0. The fraction of sp³-hybridized carbons (Fsp3) is 0.143. The lowest BCUT2D eigenvalue weighted by molar-refractivity contribution is 0.134. The molecule has 0 radical (unpaired) electrons. The Hall–Kier alpha value is -6.52. The summed E-state index contributed by atoms with van der Waals surface area (Å²) in [5.74, 6) is -3.73. The maximum absolute atomic E-state index is 12.3. The van der Waals surface area contributed by atoms with Gasteiger partial charge in [0.1, 0.15) is 57.8 Å². The summed E-state index contributed by atoms with van der Waals surface area (Å²) < 4.78 is 6.61. The highest BCUT2D eigenvalue weighted by Gasteiger charge is 2.51. The Balaban J connectivity index is 1.43. The molecule has 0 spiro atoms. The molecule has 0 aromatic heterocycles. The molecule has 0 fully saturated rings. The summed E-state index contributed by atoms with van der Waals surface area (Å²) in [6.45, 7) is 0. The molecule has 0 unspecified atom stereocenters. The molecule has 10 nitrogen and oxygen atoms in total. The summed E-state index contributed by atoms with van der Waals surface area (Å²) in [7, 11) is 0. The monoisotopic (exact) mass is 698 g/mol. The highest BCUT2D eigenvalue weighted by molar-refractivity contribution is 5.65. The number of hydrogen-bond acceptors (Lipinski definition) is 10. The molecule has 6 atom stereocenters. The van der Waals surface area contributed by atoms with Crippen molar-refractivity contribution in [2.75, 3.05) is 0 Å². The van der Waals surface area contributed by atoms with Crippen molar-refractivity contribution >= 4 is 0 Å². The predicted molar refractivity (Wildman–Crippen MR) is 189 cm³/mol. The lowest BCUT2D eigenvalue weighted by Crippen LogP contribution is -2.20. The molecule has 2 aliphatic rings. The molecule has 1 heterocycles. The average molecular weight is 699 g/mol. The van der Waals surface area contributed by atoms with Gasteiger partial charge in [-0.15, -0.1) is 0 Å². The van der Waals surface area contributed by atoms with Crippen LogP contribution in [-0.4, -0.2) is 46.0 Å². The SMILES string of the molecule is Oc1ccc([C@H]2c3c(O)cc(O)cc3[C@@H]([C@H](O)c3ccc(O)cc3)[C@@H]2c2cc(O)cc3c2[C@H](c2cc(O)cc(O)c2)[C@@H](c2ccc(O)cc2)O3)cc1. The van der Waals surface area contributed by atoms with Gasteiger partial charge in [0.2, 0.25) is 0 Å². The van der Waals surface area contributed by atoms with E-state index in [1.165, 1.54) is 72.8 Å². The number of ether oxygens (including phenoxy) is 1. The molecule has 262 valence electrons. The first-order chi connectivity index (χ1) is 25.0. The fourth-order valence-corrected chi connectivity index (χ4v) is 8.27. The maximum atomic E-state index is 12.3. The van der Waals surface area contributed by atoms with Gasteiger partial charge in [0, 0.05) is 47.1 Å². The van der Waals surface area contributed by atoms with Gasteiger partial charge in [0.25, 0.3) is 0 Å². The molecular formula is C42H34O10. The first kappa shape index (κ1) is 32.7. The van der Waals surface area contributed by atoms with Gasteiger partial charge >= 0.3 is 0 Å². The van der Waals surface area contributed by atoms with Crippen molar-refractivity contribution in [2.45, 2.75) is 35.9 Å². The first-order valence-electron chi connectivity index (χ1n) is 16.6. The van der Waals surface area contributed by atoms with Gasteiger partial charge in [-0.1, -0.05) is 36.4 Å². The molecule has 10 heteroatoms. The van der Waals surface area contributed by atoms with E-state index in [2.05, 4.69) is 0 Å². The van der Waals surface area contributed by atoms with Crippen LogP contribution in [0.15, 0.2) is 115 Å². The molecule has 0 saturated carbocycles. The Bertz CT molecular complexity index is 2280. The van der Waals surface area contributed by atoms with Crippen LogP contribution in [0.25, 0.3) is 0 Å². The summed E-state index contributed by atoms with van der Waals surface area (Å²) in [6.07, 6.45) is -2.05. The third-order valence-electron chi connectivity index (χ3n) is 10.3. The number of aliphatic hydroxyl groups excluding tert-OH is 1. The van der Waals surface area contributed by atoms with Crippen molar-refractivity contribution in [3.8, 4) is 51.7 Å². The smallest absolute Gasteiger partial charge is 0.135 e. The molecule has 8 rings (SSSR count). The van der Waals surface area contributed by atoms with Gasteiger partial charge in [-0.05, 0) is 94.0 Å². The van der Waals surface area contributed by atoms with Gasteiger partial charge < -0.3 is 50.7 Å². The topological polar surface area (TPSA) is 191 Å². The van der Waals surface area contributed by atoms with Crippen molar-refractivity contribution in [3.63, 3.8) is 0 Å². The Kier molecular flexibility index (Phi) is 7.77. The van der Waals surface area contributed by atoms with Gasteiger partial charge in [-0.25, -0.2) is 0 Å². The second kappa shape index (κ2) is 12.4. The van der Waals surface area contributed by atoms with Crippen molar-refractivity contribution in [2.24, 2.45) is 0 Å². The van der Waals surface area contributed by atoms with Crippen LogP contribution < -0.4 is 4.74 Å². The van der Waals surface area contributed by atoms with E-state index in [1.807, 2.05) is 0 Å². The normalized spacial score (nSPS) is 20.9. The number of phenols is 8. The molecular weight excluding hydrogens is 664 g/mol. The van der Waals surface area contributed by atoms with Crippen molar-refractivity contribution in [1.82, 2.24) is 0 Å². The number of phenolic OH excluding ortho intramolecular Hbond substituents is 8. The number of fused-ring (bicyclic) bond motifs is 2. The highest BCUT2D eigenvalue weighted by atomic mass is 16.5. The third kappa shape index (κ3) is 5.50. The molecule has 1 aliphatic heterocycles. The summed E-state index contributed by atoms with van der Waals surface area (Å²) in [4.78, 5) is 0. The van der Waals surface area contributed by atoms with Crippen LogP contribution in [0.2, 0.25) is 0 Å². The Morgan fingerprint density at radius 2 is 0.962 bits per heavy atom. The Morgan fingerprint density at radius 3 is 1.58 bits per heavy atom. The molecule has 6 aromatic carbocycles. The molecule has 9 N–H and O–H groups in total. The van der Waals surface area contributed by atoms with Gasteiger partial charge in [-0.2, -0.15) is 0 Å². The van der Waals surface area contributed by atoms with Crippen molar-refractivity contribution < 1.29 is 50.7 Å². The van der Waals surface area contributed by atoms with Crippen LogP contribution in [0.4, 0.5) is 0 Å². The van der Waals surface area contributed by atoms with E-state index in [1.54, 1.807) is 42.5 Å². The highest BCUT2D eigenvalue weighted by Crippen LogP contribution is 2.65. The molecule has 0 bridgehead atoms. The Morgan fingerprint density at radius 1 is 0.442 bits per heavy atom. The third-order valence-corrected chi connectivity index (χ3v) is 10.3. The molecule has 1 aliphatic carbocycles. The lowest BCUT2D eigenvalue weighted by Gasteiger charge is -2.32. The molecule has 0 amide bonds. The van der Waals surface area contributed by atoms with Crippen LogP contribution in [0.5, 0.6) is 51.7 Å². The fourth-order valence-electron chi connectivity index (χ4n) is 8.27. The second-order valence-corrected chi connectivity index (χ2v) is 13.5. The quantitative estimate of drug-likeness (QED) is 0.0850. The van der Waals surface area contributed by atoms with Gasteiger partial charge in [0.15, 0.2) is 0 Å². The van der Waals surface area contributed by atoms with Crippen LogP contribution in [0.1, 0.15) is 80.4 Å². The van der Waals surface area contributed by atoms with E-state index < -0.39 is 35.9 Å². The molecule has 0 saturated heterocycles. The number of benzene rings is 6. The number of hydrogen-bond donors (Lipinski definition) is 9. The van der Waals surface area contributed by atoms with E-state index >= 15 is 0 Å². The lowest BCUT2D eigenvalue weighted by atomic mass is 9.71. The predicted octanol–water partition coefficient (Wildman–Crippen LogP) is 7.34. The average Bonchev–Trinajstić information content (AvgIpc) is 3.65. The van der Waals surface area contributed by atoms with Crippen LogP contribution >= 0.6 is 0 Å². The zero-order chi connectivity index (χ0) is 36.4. The summed E-state index contributed by atoms with van der Waals surface area (Å²) in [5.41, 5.74) is 4.19. The van der Waals surface area contributed by atoms with E-state index in [9.17, 15) is 46.0 Å². The summed E-state index contributed by atoms with van der Waals surface area (Å²) in [5, 5.41) is 97.8. The standard InChI is InChI=1S/C42H34O10/c43-24-7-1-20(2-8-24)35-37-31(16-29(48)18-33(37)50)40(41(51)21-3-9-25(44)10-4-21)39(35)32-17-30(49)19-34-38(32)36(23-13-27(46)15-28(47)14-23)42(52-34)22-5-11-26(45)12-6-22/h1-19,35-36,39-51H/t35-,36-,39+,40+,41+,42+/m0/s1. The minimum Gasteiger partial charge on any atom is -0.508 e. The minimum absolute atomic E-state index is 0.00277. The largest absolute Gasteiger partial charge is 0.508 e. The molecule has 6 aromatic rings. The zero-order valence-electron chi connectivity index (χ0n) is 27.4. The van der Waals surface area contributed by atoms with Gasteiger partial charge in [0.05, 0.1) is 12.0 Å². The van der Waals surface area contributed by atoms with E-state index in [4.69, 9.17) is 4.74 Å². The summed E-state index contributed by atoms with van der Waals surface area (Å²) >= 11 is 0. The minimum atomic E-state index is -1.27. The second-order valence-electron chi connectivity index (χ2n) is 13.5. The number of rotatable bonds is 6. The molecule has 52 heavy (non-hydrogen) atoms. The van der Waals surface area contributed by atoms with Crippen LogP contribution in [-0.2, 0) is 0 Å². The van der Waals surface area contributed by atoms with Crippen molar-refractivity contribution in [3.05, 3.63) is 160 Å². The van der Waals surface area contributed by atoms with Crippen LogP contribution in [0, 0.1) is 0 Å².